The first-order valence-electron chi connectivity index (χ1n) is 7.39. The highest BCUT2D eigenvalue weighted by atomic mass is 32.1. The largest absolute Gasteiger partial charge is 0.382 e. The molecule has 1 saturated heterocycles. The van der Waals surface area contributed by atoms with Crippen molar-refractivity contribution >= 4 is 22.4 Å². The first-order chi connectivity index (χ1) is 10.3. The highest BCUT2D eigenvalue weighted by Gasteiger charge is 2.22. The molecule has 0 bridgehead atoms. The van der Waals surface area contributed by atoms with E-state index in [2.05, 4.69) is 26.5 Å². The third-order valence-electron chi connectivity index (χ3n) is 4.06. The van der Waals surface area contributed by atoms with Gasteiger partial charge in [-0.2, -0.15) is 4.37 Å². The van der Waals surface area contributed by atoms with E-state index in [0.29, 0.717) is 11.7 Å². The van der Waals surface area contributed by atoms with Crippen LogP contribution in [0.25, 0.3) is 11.1 Å². The van der Waals surface area contributed by atoms with Crippen molar-refractivity contribution in [3.8, 4) is 11.1 Å². The Hall–Kier alpha value is -1.66. The predicted octanol–water partition coefficient (Wildman–Crippen LogP) is 2.54. The second-order valence-electron chi connectivity index (χ2n) is 5.44. The van der Waals surface area contributed by atoms with E-state index >= 15 is 0 Å². The normalized spacial score (nSPS) is 19.0. The molecule has 5 nitrogen and oxygen atoms in total. The molecule has 21 heavy (non-hydrogen) atoms. The molecule has 0 amide bonds. The SMILES string of the molecule is CCN1CCC(CNc2snc(N)c2-c2ccncc2)C1. The van der Waals surface area contributed by atoms with Crippen LogP contribution in [0.2, 0.25) is 0 Å². The minimum Gasteiger partial charge on any atom is -0.382 e. The van der Waals surface area contributed by atoms with Gasteiger partial charge in [-0.3, -0.25) is 4.98 Å². The van der Waals surface area contributed by atoms with Crippen molar-refractivity contribution in [2.24, 2.45) is 5.92 Å². The van der Waals surface area contributed by atoms with Crippen LogP contribution in [0.15, 0.2) is 24.5 Å². The number of nitrogens with two attached hydrogens (primary N) is 1. The molecule has 3 heterocycles. The van der Waals surface area contributed by atoms with E-state index in [1.807, 2.05) is 12.1 Å². The summed E-state index contributed by atoms with van der Waals surface area (Å²) in [7, 11) is 0. The van der Waals surface area contributed by atoms with Gasteiger partial charge in [0, 0.05) is 25.5 Å². The van der Waals surface area contributed by atoms with E-state index in [9.17, 15) is 0 Å². The topological polar surface area (TPSA) is 67.1 Å². The van der Waals surface area contributed by atoms with E-state index in [0.717, 1.165) is 29.2 Å². The van der Waals surface area contributed by atoms with Crippen molar-refractivity contribution in [2.45, 2.75) is 13.3 Å². The van der Waals surface area contributed by atoms with Crippen LogP contribution in [0.1, 0.15) is 13.3 Å². The summed E-state index contributed by atoms with van der Waals surface area (Å²) in [4.78, 5) is 6.55. The third kappa shape index (κ3) is 3.16. The summed E-state index contributed by atoms with van der Waals surface area (Å²) in [5.74, 6) is 1.30. The Morgan fingerprint density at radius 2 is 2.24 bits per heavy atom. The molecule has 112 valence electrons. The summed E-state index contributed by atoms with van der Waals surface area (Å²) in [5, 5.41) is 4.61. The molecular weight excluding hydrogens is 282 g/mol. The first-order valence-corrected chi connectivity index (χ1v) is 8.17. The summed E-state index contributed by atoms with van der Waals surface area (Å²) in [6.07, 6.45) is 4.83. The zero-order valence-electron chi connectivity index (χ0n) is 12.2. The standard InChI is InChI=1S/C15H21N5S/c1-2-20-8-5-11(10-20)9-18-15-13(14(16)19-21-15)12-3-6-17-7-4-12/h3-4,6-7,11,18H,2,5,8-10H2,1H3,(H2,16,19). The van der Waals surface area contributed by atoms with E-state index in [-0.39, 0.29) is 0 Å². The van der Waals surface area contributed by atoms with Gasteiger partial charge in [-0.15, -0.1) is 0 Å². The molecule has 1 atom stereocenters. The second kappa shape index (κ2) is 6.41. The van der Waals surface area contributed by atoms with Crippen LogP contribution >= 0.6 is 11.5 Å². The molecule has 0 aliphatic carbocycles. The molecule has 3 N–H and O–H groups in total. The minimum absolute atomic E-state index is 0.593. The number of aromatic nitrogens is 2. The van der Waals surface area contributed by atoms with Crippen molar-refractivity contribution < 1.29 is 0 Å². The lowest BCUT2D eigenvalue weighted by Gasteiger charge is -2.14. The number of hydrogen-bond acceptors (Lipinski definition) is 6. The van der Waals surface area contributed by atoms with Gasteiger partial charge in [0.15, 0.2) is 0 Å². The zero-order chi connectivity index (χ0) is 14.7. The van der Waals surface area contributed by atoms with Gasteiger partial charge in [-0.05, 0) is 54.7 Å². The van der Waals surface area contributed by atoms with Crippen LogP contribution in [0.4, 0.5) is 10.8 Å². The number of likely N-dealkylation sites (tertiary alicyclic amines) is 1. The Kier molecular flexibility index (Phi) is 4.36. The average Bonchev–Trinajstić information content (AvgIpc) is 3.12. The Balaban J connectivity index is 1.70. The average molecular weight is 303 g/mol. The fourth-order valence-electron chi connectivity index (χ4n) is 2.82. The number of hydrogen-bond donors (Lipinski definition) is 2. The van der Waals surface area contributed by atoms with Crippen molar-refractivity contribution in [1.29, 1.82) is 0 Å². The Bertz CT molecular complexity index is 583. The smallest absolute Gasteiger partial charge is 0.147 e. The van der Waals surface area contributed by atoms with Crippen molar-refractivity contribution in [3.63, 3.8) is 0 Å². The van der Waals surface area contributed by atoms with Gasteiger partial charge in [0.2, 0.25) is 0 Å². The van der Waals surface area contributed by atoms with Gasteiger partial charge >= 0.3 is 0 Å². The van der Waals surface area contributed by atoms with Crippen LogP contribution in [-0.2, 0) is 0 Å². The quantitative estimate of drug-likeness (QED) is 0.888. The van der Waals surface area contributed by atoms with Crippen molar-refractivity contribution in [3.05, 3.63) is 24.5 Å². The Morgan fingerprint density at radius 3 is 2.95 bits per heavy atom. The highest BCUT2D eigenvalue weighted by Crippen LogP contribution is 2.36. The molecule has 1 aliphatic heterocycles. The summed E-state index contributed by atoms with van der Waals surface area (Å²) >= 11 is 1.44. The van der Waals surface area contributed by atoms with Crippen LogP contribution in [0, 0.1) is 5.92 Å². The van der Waals surface area contributed by atoms with Crippen molar-refractivity contribution in [1.82, 2.24) is 14.3 Å². The fraction of sp³-hybridized carbons (Fsp3) is 0.467. The minimum atomic E-state index is 0.593. The maximum atomic E-state index is 6.03. The molecule has 0 saturated carbocycles. The molecule has 1 unspecified atom stereocenters. The summed E-state index contributed by atoms with van der Waals surface area (Å²) < 4.78 is 4.30. The van der Waals surface area contributed by atoms with Crippen LogP contribution in [0.5, 0.6) is 0 Å². The number of rotatable bonds is 5. The van der Waals surface area contributed by atoms with Gasteiger partial charge < -0.3 is 16.0 Å². The highest BCUT2D eigenvalue weighted by molar-refractivity contribution is 7.11. The van der Waals surface area contributed by atoms with E-state index in [4.69, 9.17) is 5.73 Å². The van der Waals surface area contributed by atoms with Crippen LogP contribution in [-0.4, -0.2) is 40.4 Å². The summed E-state index contributed by atoms with van der Waals surface area (Å²) in [6.45, 7) is 6.75. The Morgan fingerprint density at radius 1 is 1.43 bits per heavy atom. The molecular formula is C15H21N5S. The number of nitrogens with zero attached hydrogens (tertiary/aromatic N) is 3. The predicted molar refractivity (Wildman–Crippen MR) is 88.5 cm³/mol. The van der Waals surface area contributed by atoms with Gasteiger partial charge in [-0.25, -0.2) is 0 Å². The lowest BCUT2D eigenvalue weighted by molar-refractivity contribution is 0.345. The monoisotopic (exact) mass is 303 g/mol. The first kappa shape index (κ1) is 14.3. The number of nitrogens with one attached hydrogen (secondary N) is 1. The summed E-state index contributed by atoms with van der Waals surface area (Å²) in [6, 6.07) is 3.94. The van der Waals surface area contributed by atoms with Gasteiger partial charge in [-0.1, -0.05) is 6.92 Å². The van der Waals surface area contributed by atoms with Crippen LogP contribution in [0.3, 0.4) is 0 Å². The molecule has 0 spiro atoms. The molecule has 0 aromatic carbocycles. The number of pyridine rings is 1. The number of nitrogen functional groups attached to an aromatic ring is 1. The second-order valence-corrected chi connectivity index (χ2v) is 6.21. The Labute approximate surface area is 129 Å². The van der Waals surface area contributed by atoms with E-state index in [1.165, 1.54) is 31.0 Å². The van der Waals surface area contributed by atoms with Crippen LogP contribution < -0.4 is 11.1 Å². The molecule has 0 radical (unpaired) electrons. The molecule has 3 rings (SSSR count). The molecule has 1 fully saturated rings. The third-order valence-corrected chi connectivity index (χ3v) is 4.87. The molecule has 2 aromatic heterocycles. The maximum absolute atomic E-state index is 6.03. The van der Waals surface area contributed by atoms with Gasteiger partial charge in [0.1, 0.15) is 10.8 Å². The fourth-order valence-corrected chi connectivity index (χ4v) is 3.57. The van der Waals surface area contributed by atoms with Gasteiger partial charge in [0.05, 0.1) is 5.56 Å². The molecule has 6 heteroatoms. The molecule has 1 aliphatic rings. The lowest BCUT2D eigenvalue weighted by Crippen LogP contribution is -2.22. The molecule has 2 aromatic rings. The zero-order valence-corrected chi connectivity index (χ0v) is 13.1. The summed E-state index contributed by atoms with van der Waals surface area (Å²) in [5.41, 5.74) is 8.11. The van der Waals surface area contributed by atoms with E-state index < -0.39 is 0 Å². The lowest BCUT2D eigenvalue weighted by atomic mass is 10.1. The van der Waals surface area contributed by atoms with Gasteiger partial charge in [0.25, 0.3) is 0 Å². The maximum Gasteiger partial charge on any atom is 0.147 e. The van der Waals surface area contributed by atoms with E-state index in [1.54, 1.807) is 12.4 Å². The number of anilines is 2. The van der Waals surface area contributed by atoms with Crippen molar-refractivity contribution in [2.75, 3.05) is 37.2 Å².